The maximum atomic E-state index is 13.5. The molecule has 0 saturated heterocycles. The number of nitrogen functional groups attached to an aromatic ring is 1. The van der Waals surface area contributed by atoms with Crippen LogP contribution < -0.4 is 11.1 Å². The van der Waals surface area contributed by atoms with Crippen LogP contribution in [0.25, 0.3) is 11.0 Å². The van der Waals surface area contributed by atoms with E-state index in [1.54, 1.807) is 28.8 Å². The van der Waals surface area contributed by atoms with Crippen LogP contribution in [0.3, 0.4) is 0 Å². The number of para-hydroxylation sites is 1. The molecule has 1 atom stereocenters. The van der Waals surface area contributed by atoms with Crippen LogP contribution in [-0.2, 0) is 16.4 Å². The number of aromatic nitrogens is 4. The van der Waals surface area contributed by atoms with E-state index in [4.69, 9.17) is 10.7 Å². The van der Waals surface area contributed by atoms with Crippen molar-refractivity contribution in [3.8, 4) is 6.07 Å². The van der Waals surface area contributed by atoms with Gasteiger partial charge < -0.3 is 15.6 Å². The van der Waals surface area contributed by atoms with E-state index in [1.165, 1.54) is 24.5 Å². The molecule has 4 rings (SSSR count). The predicted molar refractivity (Wildman–Crippen MR) is 126 cm³/mol. The van der Waals surface area contributed by atoms with Crippen molar-refractivity contribution < 1.29 is 12.8 Å². The summed E-state index contributed by atoms with van der Waals surface area (Å²) < 4.78 is 40.5. The topological polar surface area (TPSA) is 140 Å². The molecule has 0 aliphatic rings. The Kier molecular flexibility index (Phi) is 6.17. The third kappa shape index (κ3) is 4.40. The van der Waals surface area contributed by atoms with Crippen LogP contribution >= 0.6 is 0 Å². The maximum absolute atomic E-state index is 13.5. The summed E-state index contributed by atoms with van der Waals surface area (Å²) in [6.45, 7) is 2.18. The minimum absolute atomic E-state index is 0.0500. The first-order valence-corrected chi connectivity index (χ1v) is 12.3. The highest BCUT2D eigenvalue weighted by Gasteiger charge is 2.25. The van der Waals surface area contributed by atoms with Crippen molar-refractivity contribution in [2.24, 2.45) is 0 Å². The van der Waals surface area contributed by atoms with E-state index in [0.29, 0.717) is 23.3 Å². The fourth-order valence-electron chi connectivity index (χ4n) is 3.80. The molecule has 0 bridgehead atoms. The van der Waals surface area contributed by atoms with Gasteiger partial charge in [0.2, 0.25) is 0 Å². The SMILES string of the molecule is CCC(Nc1ncnc(N)c1C#N)c1nc2cccc(S(C)(=O)=O)c2n1Cc1ccc(F)cc1. The second-order valence-electron chi connectivity index (χ2n) is 7.78. The van der Waals surface area contributed by atoms with Gasteiger partial charge in [-0.3, -0.25) is 0 Å². The third-order valence-corrected chi connectivity index (χ3v) is 6.56. The Morgan fingerprint density at radius 2 is 1.94 bits per heavy atom. The highest BCUT2D eigenvalue weighted by molar-refractivity contribution is 7.91. The van der Waals surface area contributed by atoms with E-state index in [0.717, 1.165) is 11.8 Å². The lowest BCUT2D eigenvalue weighted by Gasteiger charge is -2.20. The molecular weight excluding hydrogens is 457 g/mol. The largest absolute Gasteiger partial charge is 0.382 e. The summed E-state index contributed by atoms with van der Waals surface area (Å²) in [6.07, 6.45) is 2.94. The number of halogens is 1. The zero-order valence-electron chi connectivity index (χ0n) is 18.5. The zero-order chi connectivity index (χ0) is 24.5. The molecule has 2 heterocycles. The highest BCUT2D eigenvalue weighted by Crippen LogP contribution is 2.31. The summed E-state index contributed by atoms with van der Waals surface area (Å²) in [6, 6.07) is 12.5. The minimum atomic E-state index is -3.57. The second kappa shape index (κ2) is 9.07. The highest BCUT2D eigenvalue weighted by atomic mass is 32.2. The van der Waals surface area contributed by atoms with Crippen molar-refractivity contribution in [1.29, 1.82) is 5.26 Å². The lowest BCUT2D eigenvalue weighted by Crippen LogP contribution is -2.19. The molecule has 0 radical (unpaired) electrons. The molecule has 0 saturated carbocycles. The molecule has 4 aromatic rings. The van der Waals surface area contributed by atoms with Crippen LogP contribution in [-0.4, -0.2) is 34.2 Å². The molecular formula is C23H22FN7O2S. The predicted octanol–water partition coefficient (Wildman–Crippen LogP) is 3.43. The molecule has 1 unspecified atom stereocenters. The van der Waals surface area contributed by atoms with Gasteiger partial charge in [0.15, 0.2) is 9.84 Å². The van der Waals surface area contributed by atoms with E-state index in [-0.39, 0.29) is 34.5 Å². The van der Waals surface area contributed by atoms with Crippen LogP contribution in [0.1, 0.15) is 36.3 Å². The average Bonchev–Trinajstić information content (AvgIpc) is 3.16. The number of benzene rings is 2. The number of anilines is 2. The van der Waals surface area contributed by atoms with Crippen molar-refractivity contribution in [3.63, 3.8) is 0 Å². The van der Waals surface area contributed by atoms with Gasteiger partial charge in [-0.25, -0.2) is 27.8 Å². The van der Waals surface area contributed by atoms with Gasteiger partial charge in [0.1, 0.15) is 41.2 Å². The van der Waals surface area contributed by atoms with Crippen LogP contribution in [0.4, 0.5) is 16.0 Å². The lowest BCUT2D eigenvalue weighted by molar-refractivity contribution is 0.600. The van der Waals surface area contributed by atoms with Gasteiger partial charge in [-0.1, -0.05) is 25.1 Å². The Labute approximate surface area is 196 Å². The van der Waals surface area contributed by atoms with E-state index in [9.17, 15) is 18.1 Å². The Morgan fingerprint density at radius 1 is 1.21 bits per heavy atom. The molecule has 9 nitrogen and oxygen atoms in total. The quantitative estimate of drug-likeness (QED) is 0.411. The fraction of sp³-hybridized carbons (Fsp3) is 0.217. The lowest BCUT2D eigenvalue weighted by atomic mass is 10.1. The first-order valence-electron chi connectivity index (χ1n) is 10.4. The number of nitrogens with two attached hydrogens (primary N) is 1. The standard InChI is InChI=1S/C23H22FN7O2S/c1-3-17(29-22-16(11-25)21(26)27-13-28-22)23-30-18-5-4-6-19(34(2,32)33)20(18)31(23)12-14-7-9-15(24)10-8-14/h4-10,13,17H,3,12H2,1-2H3,(H3,26,27,28,29). The number of rotatable bonds is 7. The molecule has 174 valence electrons. The maximum Gasteiger partial charge on any atom is 0.177 e. The van der Waals surface area contributed by atoms with Gasteiger partial charge >= 0.3 is 0 Å². The summed E-state index contributed by atoms with van der Waals surface area (Å²) in [4.78, 5) is 12.9. The Balaban J connectivity index is 1.91. The normalized spacial score (nSPS) is 12.4. The number of nitrogens with one attached hydrogen (secondary N) is 1. The van der Waals surface area contributed by atoms with E-state index in [2.05, 4.69) is 15.3 Å². The summed E-state index contributed by atoms with van der Waals surface area (Å²) in [5.74, 6) is 0.480. The Morgan fingerprint density at radius 3 is 2.59 bits per heavy atom. The van der Waals surface area contributed by atoms with Crippen LogP contribution in [0, 0.1) is 17.1 Å². The Hall–Kier alpha value is -4.04. The van der Waals surface area contributed by atoms with E-state index in [1.807, 2.05) is 13.0 Å². The molecule has 2 aromatic heterocycles. The van der Waals surface area contributed by atoms with Crippen molar-refractivity contribution in [2.75, 3.05) is 17.3 Å². The average molecular weight is 480 g/mol. The monoisotopic (exact) mass is 479 g/mol. The number of imidazole rings is 1. The number of sulfone groups is 1. The van der Waals surface area contributed by atoms with Crippen molar-refractivity contribution >= 4 is 32.5 Å². The minimum Gasteiger partial charge on any atom is -0.382 e. The van der Waals surface area contributed by atoms with E-state index >= 15 is 0 Å². The first-order chi connectivity index (χ1) is 16.2. The summed E-state index contributed by atoms with van der Waals surface area (Å²) in [7, 11) is -3.57. The number of fused-ring (bicyclic) bond motifs is 1. The third-order valence-electron chi connectivity index (χ3n) is 5.43. The first kappa shape index (κ1) is 23.1. The van der Waals surface area contributed by atoms with Gasteiger partial charge in [0, 0.05) is 12.8 Å². The summed E-state index contributed by atoms with van der Waals surface area (Å²) >= 11 is 0. The molecule has 0 aliphatic carbocycles. The molecule has 2 aromatic carbocycles. The van der Waals surface area contributed by atoms with Crippen LogP contribution in [0.15, 0.2) is 53.7 Å². The molecule has 0 aliphatic heterocycles. The van der Waals surface area contributed by atoms with Crippen molar-refractivity contribution in [3.05, 3.63) is 71.6 Å². The summed E-state index contributed by atoms with van der Waals surface area (Å²) in [5.41, 5.74) is 7.66. The second-order valence-corrected chi connectivity index (χ2v) is 9.76. The molecule has 3 N–H and O–H groups in total. The van der Waals surface area contributed by atoms with Gasteiger partial charge in [0.25, 0.3) is 0 Å². The van der Waals surface area contributed by atoms with Gasteiger partial charge in [-0.15, -0.1) is 0 Å². The van der Waals surface area contributed by atoms with Gasteiger partial charge in [-0.05, 0) is 36.2 Å². The van der Waals surface area contributed by atoms with E-state index < -0.39 is 15.9 Å². The fourth-order valence-corrected chi connectivity index (χ4v) is 4.69. The van der Waals surface area contributed by atoms with Crippen molar-refractivity contribution in [2.45, 2.75) is 30.8 Å². The molecule has 0 spiro atoms. The smallest absolute Gasteiger partial charge is 0.177 e. The molecule has 0 amide bonds. The Bertz CT molecular complexity index is 1510. The number of hydrogen-bond donors (Lipinski definition) is 2. The van der Waals surface area contributed by atoms with Crippen molar-refractivity contribution in [1.82, 2.24) is 19.5 Å². The summed E-state index contributed by atoms with van der Waals surface area (Å²) in [5, 5.41) is 12.7. The van der Waals surface area contributed by atoms with Crippen LogP contribution in [0.2, 0.25) is 0 Å². The van der Waals surface area contributed by atoms with Gasteiger partial charge in [0.05, 0.1) is 22.0 Å². The number of nitrogens with zero attached hydrogens (tertiary/aromatic N) is 5. The number of nitriles is 1. The van der Waals surface area contributed by atoms with Gasteiger partial charge in [-0.2, -0.15) is 5.26 Å². The zero-order valence-corrected chi connectivity index (χ0v) is 19.3. The van der Waals surface area contributed by atoms with Crippen LogP contribution in [0.5, 0.6) is 0 Å². The molecule has 0 fully saturated rings. The number of hydrogen-bond acceptors (Lipinski definition) is 8. The molecule has 11 heteroatoms. The molecule has 34 heavy (non-hydrogen) atoms.